The van der Waals surface area contributed by atoms with Gasteiger partial charge in [0.2, 0.25) is 0 Å². The highest BCUT2D eigenvalue weighted by Crippen LogP contribution is 2.16. The summed E-state index contributed by atoms with van der Waals surface area (Å²) >= 11 is 5.88. The Hall–Kier alpha value is -0.860. The first kappa shape index (κ1) is 10.2. The number of benzene rings is 1. The van der Waals surface area contributed by atoms with Crippen molar-refractivity contribution in [2.75, 3.05) is 6.61 Å². The molecule has 1 rings (SSSR count). The van der Waals surface area contributed by atoms with Gasteiger partial charge in [0.05, 0.1) is 0 Å². The van der Waals surface area contributed by atoms with Crippen LogP contribution in [0.4, 0.5) is 0 Å². The molecule has 0 saturated heterocycles. The zero-order chi connectivity index (χ0) is 9.68. The van der Waals surface area contributed by atoms with Gasteiger partial charge >= 0.3 is 0 Å². The summed E-state index contributed by atoms with van der Waals surface area (Å²) in [5.41, 5.74) is 0.950. The Kier molecular flexibility index (Phi) is 3.93. The Balaban J connectivity index is 2.54. The van der Waals surface area contributed by atoms with Gasteiger partial charge < -0.3 is 5.11 Å². The summed E-state index contributed by atoms with van der Waals surface area (Å²) in [6.45, 7) is -0.384. The van der Waals surface area contributed by atoms with E-state index in [1.54, 1.807) is 6.07 Å². The van der Waals surface area contributed by atoms with Crippen LogP contribution in [-0.4, -0.2) is 17.5 Å². The molecule has 0 atom stereocenters. The summed E-state index contributed by atoms with van der Waals surface area (Å²) in [6, 6.07) is 7.40. The summed E-state index contributed by atoms with van der Waals surface area (Å²) in [4.78, 5) is 10.8. The molecule has 0 aliphatic rings. The summed E-state index contributed by atoms with van der Waals surface area (Å²) < 4.78 is 0. The first-order valence-corrected chi connectivity index (χ1v) is 4.48. The fraction of sp³-hybridized carbons (Fsp3) is 0.300. The van der Waals surface area contributed by atoms with Gasteiger partial charge in [-0.1, -0.05) is 29.8 Å². The van der Waals surface area contributed by atoms with Crippen molar-refractivity contribution in [1.29, 1.82) is 0 Å². The maximum Gasteiger partial charge on any atom is 0.158 e. The molecule has 2 nitrogen and oxygen atoms in total. The van der Waals surface area contributed by atoms with E-state index in [9.17, 15) is 4.79 Å². The second-order valence-corrected chi connectivity index (χ2v) is 3.20. The smallest absolute Gasteiger partial charge is 0.158 e. The molecule has 0 bridgehead atoms. The summed E-state index contributed by atoms with van der Waals surface area (Å²) in [5.74, 6) is -0.153. The molecule has 1 aromatic rings. The molecule has 0 spiro atoms. The first-order valence-electron chi connectivity index (χ1n) is 4.10. The second kappa shape index (κ2) is 5.00. The fourth-order valence-corrected chi connectivity index (χ4v) is 1.28. The summed E-state index contributed by atoms with van der Waals surface area (Å²) in [5, 5.41) is 9.17. The number of hydrogen-bond donors (Lipinski definition) is 1. The van der Waals surface area contributed by atoms with Crippen molar-refractivity contribution in [2.45, 2.75) is 12.8 Å². The van der Waals surface area contributed by atoms with E-state index in [1.807, 2.05) is 18.2 Å². The number of aliphatic hydroxyl groups excluding tert-OH is 1. The molecule has 0 aliphatic carbocycles. The Morgan fingerprint density at radius 2 is 2.08 bits per heavy atom. The van der Waals surface area contributed by atoms with Gasteiger partial charge in [-0.3, -0.25) is 4.79 Å². The molecule has 0 fully saturated rings. The van der Waals surface area contributed by atoms with Crippen LogP contribution in [0.15, 0.2) is 24.3 Å². The molecule has 1 N–H and O–H groups in total. The average molecular weight is 199 g/mol. The van der Waals surface area contributed by atoms with Crippen molar-refractivity contribution in [3.05, 3.63) is 34.9 Å². The number of ketones is 1. The number of carbonyl (C=O) groups excluding carboxylic acids is 1. The van der Waals surface area contributed by atoms with Crippen LogP contribution >= 0.6 is 11.6 Å². The molecular weight excluding hydrogens is 188 g/mol. The number of halogens is 1. The van der Waals surface area contributed by atoms with E-state index in [0.717, 1.165) is 5.56 Å². The molecule has 0 heterocycles. The lowest BCUT2D eigenvalue weighted by Gasteiger charge is -2.01. The van der Waals surface area contributed by atoms with Gasteiger partial charge in [0, 0.05) is 11.4 Å². The van der Waals surface area contributed by atoms with Gasteiger partial charge in [-0.2, -0.15) is 0 Å². The molecule has 70 valence electrons. The largest absolute Gasteiger partial charge is 0.389 e. The number of hydrogen-bond acceptors (Lipinski definition) is 2. The Morgan fingerprint density at radius 1 is 1.38 bits per heavy atom. The van der Waals surface area contributed by atoms with Gasteiger partial charge in [-0.05, 0) is 18.1 Å². The van der Waals surface area contributed by atoms with Crippen LogP contribution in [0.25, 0.3) is 0 Å². The van der Waals surface area contributed by atoms with Crippen LogP contribution in [0.3, 0.4) is 0 Å². The molecule has 0 amide bonds. The van der Waals surface area contributed by atoms with E-state index in [1.165, 1.54) is 0 Å². The van der Waals surface area contributed by atoms with Crippen molar-refractivity contribution in [2.24, 2.45) is 0 Å². The monoisotopic (exact) mass is 198 g/mol. The zero-order valence-electron chi connectivity index (χ0n) is 7.16. The third-order valence-electron chi connectivity index (χ3n) is 1.81. The highest BCUT2D eigenvalue weighted by Gasteiger charge is 2.02. The highest BCUT2D eigenvalue weighted by atomic mass is 35.5. The average Bonchev–Trinajstić information content (AvgIpc) is 2.16. The van der Waals surface area contributed by atoms with E-state index < -0.39 is 0 Å². The molecule has 0 aliphatic heterocycles. The van der Waals surface area contributed by atoms with Crippen molar-refractivity contribution < 1.29 is 9.90 Å². The van der Waals surface area contributed by atoms with Crippen LogP contribution in [-0.2, 0) is 11.2 Å². The van der Waals surface area contributed by atoms with Crippen LogP contribution in [0, 0.1) is 0 Å². The van der Waals surface area contributed by atoms with Gasteiger partial charge in [0.25, 0.3) is 0 Å². The summed E-state index contributed by atoms with van der Waals surface area (Å²) in [6.07, 6.45) is 0.944. The van der Waals surface area contributed by atoms with E-state index in [4.69, 9.17) is 16.7 Å². The maximum absolute atomic E-state index is 10.8. The van der Waals surface area contributed by atoms with E-state index >= 15 is 0 Å². The van der Waals surface area contributed by atoms with Crippen molar-refractivity contribution in [3.63, 3.8) is 0 Å². The Morgan fingerprint density at radius 3 is 2.69 bits per heavy atom. The summed E-state index contributed by atoms with van der Waals surface area (Å²) in [7, 11) is 0. The highest BCUT2D eigenvalue weighted by molar-refractivity contribution is 6.31. The molecule has 13 heavy (non-hydrogen) atoms. The van der Waals surface area contributed by atoms with E-state index in [2.05, 4.69) is 0 Å². The topological polar surface area (TPSA) is 37.3 Å². The predicted octanol–water partition coefficient (Wildman–Crippen LogP) is 1.83. The third kappa shape index (κ3) is 3.17. The number of carbonyl (C=O) groups is 1. The maximum atomic E-state index is 10.8. The van der Waals surface area contributed by atoms with Crippen molar-refractivity contribution in [1.82, 2.24) is 0 Å². The van der Waals surface area contributed by atoms with Crippen LogP contribution in [0.2, 0.25) is 5.02 Å². The normalized spacial score (nSPS) is 10.0. The third-order valence-corrected chi connectivity index (χ3v) is 2.18. The molecule has 0 saturated carbocycles. The molecular formula is C10H11ClO2. The van der Waals surface area contributed by atoms with Gasteiger partial charge in [-0.25, -0.2) is 0 Å². The number of Topliss-reactive ketones (excluding diaryl/α,β-unsaturated/α-hetero) is 1. The lowest BCUT2D eigenvalue weighted by atomic mass is 10.1. The van der Waals surface area contributed by atoms with Crippen LogP contribution in [0.5, 0.6) is 0 Å². The second-order valence-electron chi connectivity index (χ2n) is 2.79. The molecule has 3 heteroatoms. The molecule has 0 radical (unpaired) electrons. The molecule has 0 unspecified atom stereocenters. The minimum Gasteiger partial charge on any atom is -0.389 e. The molecule has 0 aromatic heterocycles. The van der Waals surface area contributed by atoms with E-state index in [-0.39, 0.29) is 12.4 Å². The number of aliphatic hydroxyl groups is 1. The van der Waals surface area contributed by atoms with Gasteiger partial charge in [0.1, 0.15) is 6.61 Å². The number of aryl methyl sites for hydroxylation is 1. The van der Waals surface area contributed by atoms with E-state index in [0.29, 0.717) is 17.9 Å². The first-order chi connectivity index (χ1) is 6.24. The minimum atomic E-state index is -0.384. The van der Waals surface area contributed by atoms with Gasteiger partial charge in [0.15, 0.2) is 5.78 Å². The lowest BCUT2D eigenvalue weighted by Crippen LogP contribution is -2.04. The van der Waals surface area contributed by atoms with Crippen LogP contribution < -0.4 is 0 Å². The van der Waals surface area contributed by atoms with Gasteiger partial charge in [-0.15, -0.1) is 0 Å². The lowest BCUT2D eigenvalue weighted by molar-refractivity contribution is -0.121. The van der Waals surface area contributed by atoms with Crippen molar-refractivity contribution in [3.8, 4) is 0 Å². The Bertz CT molecular complexity index is 297. The zero-order valence-corrected chi connectivity index (χ0v) is 7.92. The minimum absolute atomic E-state index is 0.153. The quantitative estimate of drug-likeness (QED) is 0.802. The standard InChI is InChI=1S/C10H11ClO2/c11-10-4-2-1-3-8(10)5-6-9(13)7-12/h1-4,12H,5-7H2. The predicted molar refractivity (Wildman–Crippen MR) is 51.9 cm³/mol. The Labute approximate surface area is 82.2 Å². The molecule has 1 aromatic carbocycles. The number of rotatable bonds is 4. The van der Waals surface area contributed by atoms with Crippen LogP contribution in [0.1, 0.15) is 12.0 Å². The van der Waals surface area contributed by atoms with Crippen molar-refractivity contribution >= 4 is 17.4 Å². The fourth-order valence-electron chi connectivity index (χ4n) is 1.05. The SMILES string of the molecule is O=C(CO)CCc1ccccc1Cl.